The van der Waals surface area contributed by atoms with E-state index in [-0.39, 0.29) is 24.1 Å². The van der Waals surface area contributed by atoms with Gasteiger partial charge in [0.25, 0.3) is 0 Å². The number of rotatable bonds is 7. The molecule has 2 heterocycles. The number of ether oxygens (including phenoxy) is 1. The minimum atomic E-state index is -4.56. The maximum absolute atomic E-state index is 12.8. The van der Waals surface area contributed by atoms with Crippen molar-refractivity contribution >= 4 is 29.0 Å². The van der Waals surface area contributed by atoms with Gasteiger partial charge in [-0.25, -0.2) is 4.98 Å². The third-order valence-corrected chi connectivity index (χ3v) is 4.78. The van der Waals surface area contributed by atoms with Gasteiger partial charge in [0, 0.05) is 35.3 Å². The molecule has 4 rings (SSSR count). The van der Waals surface area contributed by atoms with Gasteiger partial charge in [0.2, 0.25) is 11.9 Å². The van der Waals surface area contributed by atoms with Crippen LogP contribution in [0.25, 0.3) is 11.3 Å². The molecule has 0 saturated heterocycles. The molecule has 6 N–H and O–H groups in total. The summed E-state index contributed by atoms with van der Waals surface area (Å²) in [5.41, 5.74) is 12.7. The second-order valence-electron chi connectivity index (χ2n) is 7.45. The Labute approximate surface area is 203 Å². The van der Waals surface area contributed by atoms with Crippen LogP contribution in [0.15, 0.2) is 72.9 Å². The van der Waals surface area contributed by atoms with Gasteiger partial charge >= 0.3 is 6.18 Å². The summed E-state index contributed by atoms with van der Waals surface area (Å²) in [6, 6.07) is 17.4. The smallest absolute Gasteiger partial charge is 0.433 e. The maximum Gasteiger partial charge on any atom is 0.433 e. The van der Waals surface area contributed by atoms with Crippen molar-refractivity contribution < 1.29 is 22.7 Å². The van der Waals surface area contributed by atoms with E-state index in [0.29, 0.717) is 28.6 Å². The summed E-state index contributed by atoms with van der Waals surface area (Å²) in [6.07, 6.45) is -3.53. The lowest BCUT2D eigenvalue weighted by molar-refractivity contribution is -0.141. The number of carbonyl (C=O) groups excluding carboxylic acids is 1. The zero-order chi connectivity index (χ0) is 25.7. The van der Waals surface area contributed by atoms with E-state index >= 15 is 0 Å². The second kappa shape index (κ2) is 10.3. The number of nitrogen functional groups attached to an aromatic ring is 1. The summed E-state index contributed by atoms with van der Waals surface area (Å²) in [5, 5.41) is 5.76. The van der Waals surface area contributed by atoms with Crippen LogP contribution in [0.5, 0.6) is 11.5 Å². The van der Waals surface area contributed by atoms with E-state index in [1.165, 1.54) is 6.07 Å². The summed E-state index contributed by atoms with van der Waals surface area (Å²) >= 11 is 0. The van der Waals surface area contributed by atoms with Crippen molar-refractivity contribution in [3.05, 3.63) is 78.6 Å². The minimum absolute atomic E-state index is 0.0138. The molecule has 2 aromatic heterocycles. The molecule has 0 spiro atoms. The minimum Gasteiger partial charge on any atom is -0.457 e. The van der Waals surface area contributed by atoms with E-state index in [9.17, 15) is 18.0 Å². The third-order valence-electron chi connectivity index (χ3n) is 4.78. The molecular weight excluding hydrogens is 475 g/mol. The molecule has 0 saturated carbocycles. The van der Waals surface area contributed by atoms with Gasteiger partial charge < -0.3 is 26.8 Å². The van der Waals surface area contributed by atoms with Crippen molar-refractivity contribution in [2.45, 2.75) is 6.18 Å². The average molecular weight is 495 g/mol. The lowest BCUT2D eigenvalue weighted by Gasteiger charge is -2.11. The number of aromatic nitrogens is 3. The lowest BCUT2D eigenvalue weighted by atomic mass is 10.1. The number of halogens is 3. The first-order chi connectivity index (χ1) is 17.2. The van der Waals surface area contributed by atoms with Crippen molar-refractivity contribution in [3.8, 4) is 22.8 Å². The summed E-state index contributed by atoms with van der Waals surface area (Å²) in [5.74, 6) is 0.525. The van der Waals surface area contributed by atoms with Crippen molar-refractivity contribution in [1.29, 1.82) is 0 Å². The van der Waals surface area contributed by atoms with Crippen LogP contribution in [0.2, 0.25) is 0 Å². The largest absolute Gasteiger partial charge is 0.457 e. The molecule has 4 aromatic rings. The first-order valence-electron chi connectivity index (χ1n) is 10.5. The zero-order valence-corrected chi connectivity index (χ0v) is 18.6. The van der Waals surface area contributed by atoms with Gasteiger partial charge in [-0.1, -0.05) is 12.1 Å². The molecule has 2 aromatic carbocycles. The molecule has 0 bridgehead atoms. The van der Waals surface area contributed by atoms with E-state index in [2.05, 4.69) is 25.6 Å². The van der Waals surface area contributed by atoms with Gasteiger partial charge in [-0.05, 0) is 42.5 Å². The Morgan fingerprint density at radius 1 is 0.917 bits per heavy atom. The molecule has 0 aliphatic carbocycles. The Kier molecular flexibility index (Phi) is 6.97. The molecule has 0 aliphatic heterocycles. The van der Waals surface area contributed by atoms with Crippen molar-refractivity contribution in [2.24, 2.45) is 5.73 Å². The van der Waals surface area contributed by atoms with Gasteiger partial charge in [-0.15, -0.1) is 0 Å². The lowest BCUT2D eigenvalue weighted by Crippen LogP contribution is -2.21. The first-order valence-corrected chi connectivity index (χ1v) is 10.5. The van der Waals surface area contributed by atoms with E-state index in [1.54, 1.807) is 54.6 Å². The van der Waals surface area contributed by atoms with Gasteiger partial charge in [0.15, 0.2) is 0 Å². The molecule has 0 aliphatic rings. The van der Waals surface area contributed by atoms with E-state index in [4.69, 9.17) is 16.2 Å². The van der Waals surface area contributed by atoms with Crippen LogP contribution < -0.4 is 26.8 Å². The normalized spacial score (nSPS) is 11.1. The molecule has 0 fully saturated rings. The van der Waals surface area contributed by atoms with Gasteiger partial charge in [0.05, 0.1) is 12.2 Å². The van der Waals surface area contributed by atoms with Crippen LogP contribution >= 0.6 is 0 Å². The van der Waals surface area contributed by atoms with E-state index in [0.717, 1.165) is 17.8 Å². The molecule has 184 valence electrons. The van der Waals surface area contributed by atoms with Crippen LogP contribution in [0, 0.1) is 0 Å². The van der Waals surface area contributed by atoms with Gasteiger partial charge in [0.1, 0.15) is 23.0 Å². The summed E-state index contributed by atoms with van der Waals surface area (Å²) in [4.78, 5) is 23.2. The Balaban J connectivity index is 1.46. The fraction of sp³-hybridized carbons (Fsp3) is 0.0833. The number of nitrogens with zero attached hydrogens (tertiary/aromatic N) is 3. The zero-order valence-electron chi connectivity index (χ0n) is 18.6. The quantitative estimate of drug-likeness (QED) is 0.292. The fourth-order valence-corrected chi connectivity index (χ4v) is 3.13. The number of pyridine rings is 1. The van der Waals surface area contributed by atoms with Crippen LogP contribution in [0.3, 0.4) is 0 Å². The highest BCUT2D eigenvalue weighted by Gasteiger charge is 2.32. The predicted octanol–water partition coefficient (Wildman–Crippen LogP) is 4.57. The topological polar surface area (TPSA) is 141 Å². The standard InChI is InChI=1S/C24H20F3N7O2/c25-24(26,27)20-11-18(9-10-30-20)36-17-7-5-15(6-8-17)31-21-12-19(33-23(29)34-21)14-1-3-16(4-2-14)32-22(35)13-28/h1-12H,13,28H2,(H,32,35)(H3,29,31,33,34). The molecular formula is C24H20F3N7O2. The average Bonchev–Trinajstić information content (AvgIpc) is 2.85. The van der Waals surface area contributed by atoms with Crippen molar-refractivity contribution in [1.82, 2.24) is 15.0 Å². The monoisotopic (exact) mass is 495 g/mol. The number of alkyl halides is 3. The molecule has 0 atom stereocenters. The number of nitrogens with one attached hydrogen (secondary N) is 2. The molecule has 12 heteroatoms. The Hall–Kier alpha value is -4.71. The third kappa shape index (κ3) is 6.24. The molecule has 1 amide bonds. The van der Waals surface area contributed by atoms with Crippen LogP contribution in [0.1, 0.15) is 5.69 Å². The molecule has 36 heavy (non-hydrogen) atoms. The highest BCUT2D eigenvalue weighted by atomic mass is 19.4. The highest BCUT2D eigenvalue weighted by Crippen LogP contribution is 2.31. The second-order valence-corrected chi connectivity index (χ2v) is 7.45. The molecule has 0 unspecified atom stereocenters. The Morgan fingerprint density at radius 2 is 1.61 bits per heavy atom. The van der Waals surface area contributed by atoms with E-state index < -0.39 is 11.9 Å². The number of amides is 1. The van der Waals surface area contributed by atoms with Crippen LogP contribution in [0.4, 0.5) is 36.3 Å². The number of anilines is 4. The number of benzene rings is 2. The SMILES string of the molecule is NCC(=O)Nc1ccc(-c2cc(Nc3ccc(Oc4ccnc(C(F)(F)F)c4)cc3)nc(N)n2)cc1. The van der Waals surface area contributed by atoms with Crippen molar-refractivity contribution in [3.63, 3.8) is 0 Å². The summed E-state index contributed by atoms with van der Waals surface area (Å²) in [6.45, 7) is -0.116. The van der Waals surface area contributed by atoms with Crippen LogP contribution in [-0.2, 0) is 11.0 Å². The molecule has 9 nitrogen and oxygen atoms in total. The van der Waals surface area contributed by atoms with Gasteiger partial charge in [-0.3, -0.25) is 9.78 Å². The number of nitrogens with two attached hydrogens (primary N) is 2. The Bertz CT molecular complexity index is 1360. The van der Waals surface area contributed by atoms with E-state index in [1.807, 2.05) is 0 Å². The van der Waals surface area contributed by atoms with Gasteiger partial charge in [-0.2, -0.15) is 18.2 Å². The Morgan fingerprint density at radius 3 is 2.28 bits per heavy atom. The van der Waals surface area contributed by atoms with Crippen molar-refractivity contribution in [2.75, 3.05) is 22.9 Å². The molecule has 0 radical (unpaired) electrons. The first kappa shape index (κ1) is 24.4. The predicted molar refractivity (Wildman–Crippen MR) is 129 cm³/mol. The fourth-order valence-electron chi connectivity index (χ4n) is 3.13. The number of hydrogen-bond acceptors (Lipinski definition) is 8. The number of hydrogen-bond donors (Lipinski definition) is 4. The highest BCUT2D eigenvalue weighted by molar-refractivity contribution is 5.92. The summed E-state index contributed by atoms with van der Waals surface area (Å²) in [7, 11) is 0. The maximum atomic E-state index is 12.8. The van der Waals surface area contributed by atoms with Crippen LogP contribution in [-0.4, -0.2) is 27.4 Å². The number of carbonyl (C=O) groups is 1. The summed E-state index contributed by atoms with van der Waals surface area (Å²) < 4.78 is 44.0.